The molecule has 21 heavy (non-hydrogen) atoms. The molecule has 0 atom stereocenters. The second-order valence-corrected chi connectivity index (χ2v) is 4.48. The van der Waals surface area contributed by atoms with Gasteiger partial charge in [-0.1, -0.05) is 6.92 Å². The molecule has 0 unspecified atom stereocenters. The Balaban J connectivity index is 2.76. The SMILES string of the molecule is CCCN(CCC(=O)OCC)C(=O)c1ccc(F)c(F)c1. The third kappa shape index (κ3) is 5.13. The fraction of sp³-hybridized carbons (Fsp3) is 0.467. The predicted octanol–water partition coefficient (Wildman–Crippen LogP) is 2.77. The summed E-state index contributed by atoms with van der Waals surface area (Å²) >= 11 is 0. The first-order chi connectivity index (χ1) is 9.99. The molecule has 0 heterocycles. The lowest BCUT2D eigenvalue weighted by Crippen LogP contribution is -2.34. The van der Waals surface area contributed by atoms with Crippen molar-refractivity contribution >= 4 is 11.9 Å². The van der Waals surface area contributed by atoms with Crippen LogP contribution in [0.2, 0.25) is 0 Å². The molecule has 1 amide bonds. The fourth-order valence-corrected chi connectivity index (χ4v) is 1.86. The largest absolute Gasteiger partial charge is 0.466 e. The standard InChI is InChI=1S/C15H19F2NO3/c1-3-8-18(9-7-14(19)21-4-2)15(20)11-5-6-12(16)13(17)10-11/h5-6,10H,3-4,7-9H2,1-2H3. The van der Waals surface area contributed by atoms with Crippen molar-refractivity contribution in [2.75, 3.05) is 19.7 Å². The molecule has 116 valence electrons. The molecule has 0 N–H and O–H groups in total. The van der Waals surface area contributed by atoms with E-state index in [2.05, 4.69) is 0 Å². The van der Waals surface area contributed by atoms with Gasteiger partial charge in [-0.05, 0) is 31.5 Å². The van der Waals surface area contributed by atoms with E-state index in [9.17, 15) is 18.4 Å². The highest BCUT2D eigenvalue weighted by molar-refractivity contribution is 5.94. The number of nitrogens with zero attached hydrogens (tertiary/aromatic N) is 1. The molecule has 1 aromatic rings. The van der Waals surface area contributed by atoms with E-state index in [4.69, 9.17) is 4.74 Å². The van der Waals surface area contributed by atoms with Gasteiger partial charge in [0.2, 0.25) is 0 Å². The number of benzene rings is 1. The van der Waals surface area contributed by atoms with Crippen LogP contribution in [0.1, 0.15) is 37.0 Å². The highest BCUT2D eigenvalue weighted by atomic mass is 19.2. The summed E-state index contributed by atoms with van der Waals surface area (Å²) in [4.78, 5) is 25.0. The molecule has 0 aliphatic heterocycles. The summed E-state index contributed by atoms with van der Waals surface area (Å²) in [6.45, 7) is 4.48. The Morgan fingerprint density at radius 3 is 2.43 bits per heavy atom. The molecular formula is C15H19F2NO3. The van der Waals surface area contributed by atoms with Crippen LogP contribution in [0.5, 0.6) is 0 Å². The van der Waals surface area contributed by atoms with Crippen molar-refractivity contribution in [1.29, 1.82) is 0 Å². The summed E-state index contributed by atoms with van der Waals surface area (Å²) in [7, 11) is 0. The third-order valence-corrected chi connectivity index (χ3v) is 2.84. The van der Waals surface area contributed by atoms with Crippen molar-refractivity contribution < 1.29 is 23.1 Å². The molecule has 0 fully saturated rings. The van der Waals surface area contributed by atoms with E-state index in [1.54, 1.807) is 6.92 Å². The number of halogens is 2. The van der Waals surface area contributed by atoms with Gasteiger partial charge in [0.05, 0.1) is 13.0 Å². The minimum atomic E-state index is -1.07. The predicted molar refractivity (Wildman–Crippen MR) is 73.8 cm³/mol. The van der Waals surface area contributed by atoms with Crippen molar-refractivity contribution in [1.82, 2.24) is 4.90 Å². The van der Waals surface area contributed by atoms with Gasteiger partial charge in [0, 0.05) is 18.7 Å². The van der Waals surface area contributed by atoms with E-state index < -0.39 is 23.5 Å². The van der Waals surface area contributed by atoms with Gasteiger partial charge in [-0.15, -0.1) is 0 Å². The van der Waals surface area contributed by atoms with Crippen LogP contribution in [-0.4, -0.2) is 36.5 Å². The first kappa shape index (κ1) is 17.1. The molecule has 0 saturated heterocycles. The van der Waals surface area contributed by atoms with Gasteiger partial charge in [-0.3, -0.25) is 9.59 Å². The molecular weight excluding hydrogens is 280 g/mol. The number of carbonyl (C=O) groups is 2. The van der Waals surface area contributed by atoms with Gasteiger partial charge < -0.3 is 9.64 Å². The number of esters is 1. The van der Waals surface area contributed by atoms with E-state index in [1.807, 2.05) is 6.92 Å². The molecule has 0 aromatic heterocycles. The average molecular weight is 299 g/mol. The third-order valence-electron chi connectivity index (χ3n) is 2.84. The van der Waals surface area contributed by atoms with Gasteiger partial charge in [0.15, 0.2) is 11.6 Å². The minimum Gasteiger partial charge on any atom is -0.466 e. The van der Waals surface area contributed by atoms with Crippen LogP contribution in [-0.2, 0) is 9.53 Å². The minimum absolute atomic E-state index is 0.0613. The smallest absolute Gasteiger partial charge is 0.307 e. The zero-order chi connectivity index (χ0) is 15.8. The van der Waals surface area contributed by atoms with Gasteiger partial charge in [0.25, 0.3) is 5.91 Å². The number of hydrogen-bond donors (Lipinski definition) is 0. The number of carbonyl (C=O) groups excluding carboxylic acids is 2. The molecule has 0 aliphatic carbocycles. The van der Waals surface area contributed by atoms with Crippen LogP contribution in [0.3, 0.4) is 0 Å². The Morgan fingerprint density at radius 1 is 1.14 bits per heavy atom. The maximum Gasteiger partial charge on any atom is 0.307 e. The van der Waals surface area contributed by atoms with Crippen LogP contribution in [0, 0.1) is 11.6 Å². The summed E-state index contributed by atoms with van der Waals surface area (Å²) in [5.41, 5.74) is 0.0613. The van der Waals surface area contributed by atoms with Crippen molar-refractivity contribution in [2.24, 2.45) is 0 Å². The zero-order valence-corrected chi connectivity index (χ0v) is 12.2. The average Bonchev–Trinajstić information content (AvgIpc) is 2.46. The van der Waals surface area contributed by atoms with E-state index >= 15 is 0 Å². The first-order valence-corrected chi connectivity index (χ1v) is 6.89. The quantitative estimate of drug-likeness (QED) is 0.727. The summed E-state index contributed by atoms with van der Waals surface area (Å²) < 4.78 is 30.9. The second-order valence-electron chi connectivity index (χ2n) is 4.48. The van der Waals surface area contributed by atoms with Crippen molar-refractivity contribution in [2.45, 2.75) is 26.7 Å². The lowest BCUT2D eigenvalue weighted by molar-refractivity contribution is -0.143. The monoisotopic (exact) mass is 299 g/mol. The number of ether oxygens (including phenoxy) is 1. The lowest BCUT2D eigenvalue weighted by Gasteiger charge is -2.21. The highest BCUT2D eigenvalue weighted by Crippen LogP contribution is 2.12. The zero-order valence-electron chi connectivity index (χ0n) is 12.2. The van der Waals surface area contributed by atoms with Gasteiger partial charge in [-0.25, -0.2) is 8.78 Å². The van der Waals surface area contributed by atoms with Crippen molar-refractivity contribution in [3.8, 4) is 0 Å². The van der Waals surface area contributed by atoms with E-state index in [0.29, 0.717) is 13.0 Å². The van der Waals surface area contributed by atoms with Gasteiger partial charge >= 0.3 is 5.97 Å². The molecule has 1 aromatic carbocycles. The number of amides is 1. The van der Waals surface area contributed by atoms with Crippen LogP contribution in [0.25, 0.3) is 0 Å². The Morgan fingerprint density at radius 2 is 1.86 bits per heavy atom. The summed E-state index contributed by atoms with van der Waals surface area (Å²) in [5.74, 6) is -2.89. The Bertz CT molecular complexity index is 506. The van der Waals surface area contributed by atoms with E-state index in [-0.39, 0.29) is 25.1 Å². The summed E-state index contributed by atoms with van der Waals surface area (Å²) in [5, 5.41) is 0. The molecule has 4 nitrogen and oxygen atoms in total. The Kier molecular flexibility index (Phi) is 6.78. The second kappa shape index (κ2) is 8.34. The van der Waals surface area contributed by atoms with E-state index in [0.717, 1.165) is 12.1 Å². The topological polar surface area (TPSA) is 46.6 Å². The molecule has 0 radical (unpaired) electrons. The van der Waals surface area contributed by atoms with Crippen LogP contribution in [0.15, 0.2) is 18.2 Å². The van der Waals surface area contributed by atoms with Crippen molar-refractivity contribution in [3.63, 3.8) is 0 Å². The lowest BCUT2D eigenvalue weighted by atomic mass is 10.1. The van der Waals surface area contributed by atoms with Gasteiger partial charge in [0.1, 0.15) is 0 Å². The highest BCUT2D eigenvalue weighted by Gasteiger charge is 2.18. The van der Waals surface area contributed by atoms with Crippen LogP contribution >= 0.6 is 0 Å². The number of rotatable bonds is 7. The maximum absolute atomic E-state index is 13.2. The fourth-order valence-electron chi connectivity index (χ4n) is 1.86. The normalized spacial score (nSPS) is 10.3. The van der Waals surface area contributed by atoms with E-state index in [1.165, 1.54) is 11.0 Å². The molecule has 0 bridgehead atoms. The Labute approximate surface area is 122 Å². The summed E-state index contributed by atoms with van der Waals surface area (Å²) in [6.07, 6.45) is 0.765. The molecule has 0 saturated carbocycles. The molecule has 6 heteroatoms. The van der Waals surface area contributed by atoms with Crippen LogP contribution in [0.4, 0.5) is 8.78 Å². The first-order valence-electron chi connectivity index (χ1n) is 6.89. The maximum atomic E-state index is 13.2. The van der Waals surface area contributed by atoms with Gasteiger partial charge in [-0.2, -0.15) is 0 Å². The molecule has 1 rings (SSSR count). The van der Waals surface area contributed by atoms with Crippen LogP contribution < -0.4 is 0 Å². The van der Waals surface area contributed by atoms with Crippen molar-refractivity contribution in [3.05, 3.63) is 35.4 Å². The summed E-state index contributed by atoms with van der Waals surface area (Å²) in [6, 6.07) is 3.01. The molecule has 0 spiro atoms. The number of hydrogen-bond acceptors (Lipinski definition) is 3. The molecule has 0 aliphatic rings. The Hall–Kier alpha value is -1.98.